The number of hydrogen-bond donors (Lipinski definition) is 3. The maximum Gasteiger partial charge on any atom is 0.240 e. The Morgan fingerprint density at radius 2 is 2.05 bits per heavy atom. The fourth-order valence-electron chi connectivity index (χ4n) is 2.55. The molecule has 0 saturated carbocycles. The zero-order valence-electron chi connectivity index (χ0n) is 11.8. The Hall–Kier alpha value is -1.88. The lowest BCUT2D eigenvalue weighted by Gasteiger charge is -2.28. The lowest BCUT2D eigenvalue weighted by molar-refractivity contribution is -0.129. The summed E-state index contributed by atoms with van der Waals surface area (Å²) in [7, 11) is 0. The summed E-state index contributed by atoms with van der Waals surface area (Å²) in [5, 5.41) is 6.00. The SMILES string of the molecule is CC(C)C(NC(=O)C1CNCc2ccccc21)C(N)=O. The van der Waals surface area contributed by atoms with Crippen molar-refractivity contribution < 1.29 is 9.59 Å². The van der Waals surface area contributed by atoms with Crippen molar-refractivity contribution >= 4 is 11.8 Å². The molecule has 5 nitrogen and oxygen atoms in total. The van der Waals surface area contributed by atoms with Crippen LogP contribution in [-0.4, -0.2) is 24.4 Å². The monoisotopic (exact) mass is 275 g/mol. The fourth-order valence-corrected chi connectivity index (χ4v) is 2.55. The summed E-state index contributed by atoms with van der Waals surface area (Å²) in [5.41, 5.74) is 7.49. The van der Waals surface area contributed by atoms with Gasteiger partial charge in [0.2, 0.25) is 11.8 Å². The van der Waals surface area contributed by atoms with Crippen LogP contribution in [0.5, 0.6) is 0 Å². The number of rotatable bonds is 4. The molecule has 0 bridgehead atoms. The quantitative estimate of drug-likeness (QED) is 0.748. The van der Waals surface area contributed by atoms with E-state index in [0.717, 1.165) is 17.7 Å². The highest BCUT2D eigenvalue weighted by Gasteiger charge is 2.29. The van der Waals surface area contributed by atoms with Crippen LogP contribution in [0.1, 0.15) is 30.9 Å². The number of fused-ring (bicyclic) bond motifs is 1. The summed E-state index contributed by atoms with van der Waals surface area (Å²) < 4.78 is 0. The largest absolute Gasteiger partial charge is 0.368 e. The van der Waals surface area contributed by atoms with Crippen molar-refractivity contribution in [1.82, 2.24) is 10.6 Å². The molecule has 0 saturated heterocycles. The molecule has 1 aromatic rings. The van der Waals surface area contributed by atoms with Gasteiger partial charge < -0.3 is 16.4 Å². The Labute approximate surface area is 118 Å². The van der Waals surface area contributed by atoms with Gasteiger partial charge in [0.15, 0.2) is 0 Å². The zero-order valence-corrected chi connectivity index (χ0v) is 11.8. The van der Waals surface area contributed by atoms with Gasteiger partial charge in [-0.3, -0.25) is 9.59 Å². The molecular formula is C15H21N3O2. The van der Waals surface area contributed by atoms with Crippen molar-refractivity contribution in [2.24, 2.45) is 11.7 Å². The topological polar surface area (TPSA) is 84.2 Å². The molecule has 108 valence electrons. The molecule has 20 heavy (non-hydrogen) atoms. The molecule has 0 radical (unpaired) electrons. The Morgan fingerprint density at radius 1 is 1.35 bits per heavy atom. The minimum Gasteiger partial charge on any atom is -0.368 e. The van der Waals surface area contributed by atoms with Gasteiger partial charge in [-0.1, -0.05) is 38.1 Å². The minimum absolute atomic E-state index is 0.0248. The van der Waals surface area contributed by atoms with Gasteiger partial charge in [0.25, 0.3) is 0 Å². The lowest BCUT2D eigenvalue weighted by Crippen LogP contribution is -2.50. The number of benzene rings is 1. The maximum absolute atomic E-state index is 12.4. The van der Waals surface area contributed by atoms with E-state index < -0.39 is 11.9 Å². The Morgan fingerprint density at radius 3 is 2.70 bits per heavy atom. The van der Waals surface area contributed by atoms with Crippen molar-refractivity contribution in [2.45, 2.75) is 32.4 Å². The van der Waals surface area contributed by atoms with Gasteiger partial charge in [-0.05, 0) is 17.0 Å². The van der Waals surface area contributed by atoms with E-state index in [1.54, 1.807) is 0 Å². The van der Waals surface area contributed by atoms with Crippen LogP contribution >= 0.6 is 0 Å². The van der Waals surface area contributed by atoms with Gasteiger partial charge in [-0.15, -0.1) is 0 Å². The molecule has 2 unspecified atom stereocenters. The van der Waals surface area contributed by atoms with Gasteiger partial charge in [0.05, 0.1) is 5.92 Å². The predicted octanol–water partition coefficient (Wildman–Crippen LogP) is 0.499. The second-order valence-corrected chi connectivity index (χ2v) is 5.51. The van der Waals surface area contributed by atoms with E-state index >= 15 is 0 Å². The molecule has 0 fully saturated rings. The van der Waals surface area contributed by atoms with Crippen molar-refractivity contribution in [3.8, 4) is 0 Å². The van der Waals surface area contributed by atoms with Gasteiger partial charge in [0.1, 0.15) is 6.04 Å². The first kappa shape index (κ1) is 14.5. The summed E-state index contributed by atoms with van der Waals surface area (Å²) in [6.07, 6.45) is 0. The van der Waals surface area contributed by atoms with E-state index in [1.807, 2.05) is 38.1 Å². The molecule has 1 aliphatic heterocycles. The van der Waals surface area contributed by atoms with Gasteiger partial charge in [0, 0.05) is 13.1 Å². The van der Waals surface area contributed by atoms with Gasteiger partial charge in [-0.25, -0.2) is 0 Å². The standard InChI is InChI=1S/C15H21N3O2/c1-9(2)13(14(16)19)18-15(20)12-8-17-7-10-5-3-4-6-11(10)12/h3-6,9,12-13,17H,7-8H2,1-2H3,(H2,16,19)(H,18,20). The third-order valence-electron chi connectivity index (χ3n) is 3.68. The number of nitrogens with one attached hydrogen (secondary N) is 2. The van der Waals surface area contributed by atoms with Crippen LogP contribution in [0, 0.1) is 5.92 Å². The molecular weight excluding hydrogens is 254 g/mol. The van der Waals surface area contributed by atoms with Crippen LogP contribution in [0.4, 0.5) is 0 Å². The van der Waals surface area contributed by atoms with Crippen LogP contribution in [-0.2, 0) is 16.1 Å². The highest BCUT2D eigenvalue weighted by molar-refractivity contribution is 5.90. The number of nitrogens with two attached hydrogens (primary N) is 1. The van der Waals surface area contributed by atoms with E-state index in [2.05, 4.69) is 10.6 Å². The Bertz CT molecular complexity index is 514. The van der Waals surface area contributed by atoms with Crippen molar-refractivity contribution in [3.63, 3.8) is 0 Å². The third kappa shape index (κ3) is 2.99. The Kier molecular flexibility index (Phi) is 4.39. The normalized spacial score (nSPS) is 19.2. The summed E-state index contributed by atoms with van der Waals surface area (Å²) in [4.78, 5) is 23.8. The fraction of sp³-hybridized carbons (Fsp3) is 0.467. The Balaban J connectivity index is 2.16. The molecule has 0 aliphatic carbocycles. The molecule has 1 heterocycles. The highest BCUT2D eigenvalue weighted by atomic mass is 16.2. The van der Waals surface area contributed by atoms with Crippen molar-refractivity contribution in [3.05, 3.63) is 35.4 Å². The molecule has 1 aliphatic rings. The summed E-state index contributed by atoms with van der Waals surface area (Å²) >= 11 is 0. The van der Waals surface area contributed by atoms with E-state index in [-0.39, 0.29) is 17.7 Å². The van der Waals surface area contributed by atoms with Crippen LogP contribution in [0.25, 0.3) is 0 Å². The maximum atomic E-state index is 12.4. The van der Waals surface area contributed by atoms with Crippen molar-refractivity contribution in [1.29, 1.82) is 0 Å². The summed E-state index contributed by atoms with van der Waals surface area (Å²) in [6, 6.07) is 7.24. The summed E-state index contributed by atoms with van der Waals surface area (Å²) in [6.45, 7) is 5.07. The molecule has 2 amide bonds. The zero-order chi connectivity index (χ0) is 14.7. The molecule has 2 atom stereocenters. The van der Waals surface area contributed by atoms with Crippen LogP contribution < -0.4 is 16.4 Å². The smallest absolute Gasteiger partial charge is 0.240 e. The van der Waals surface area contributed by atoms with Crippen molar-refractivity contribution in [2.75, 3.05) is 6.54 Å². The summed E-state index contributed by atoms with van der Waals surface area (Å²) in [5.74, 6) is -0.948. The second-order valence-electron chi connectivity index (χ2n) is 5.51. The molecule has 4 N–H and O–H groups in total. The number of amides is 2. The molecule has 2 rings (SSSR count). The minimum atomic E-state index is -0.628. The molecule has 0 aromatic heterocycles. The number of carbonyl (C=O) groups excluding carboxylic acids is 2. The number of primary amides is 1. The molecule has 1 aromatic carbocycles. The van der Waals surface area contributed by atoms with Crippen LogP contribution in [0.15, 0.2) is 24.3 Å². The molecule has 0 spiro atoms. The highest BCUT2D eigenvalue weighted by Crippen LogP contribution is 2.24. The average Bonchev–Trinajstić information content (AvgIpc) is 2.43. The average molecular weight is 275 g/mol. The van der Waals surface area contributed by atoms with Gasteiger partial charge >= 0.3 is 0 Å². The first-order chi connectivity index (χ1) is 9.50. The van der Waals surface area contributed by atoms with E-state index in [9.17, 15) is 9.59 Å². The molecule has 5 heteroatoms. The first-order valence-electron chi connectivity index (χ1n) is 6.89. The predicted molar refractivity (Wildman–Crippen MR) is 76.9 cm³/mol. The van der Waals surface area contributed by atoms with Gasteiger partial charge in [-0.2, -0.15) is 0 Å². The number of carbonyl (C=O) groups is 2. The van der Waals surface area contributed by atoms with Crippen LogP contribution in [0.2, 0.25) is 0 Å². The van der Waals surface area contributed by atoms with E-state index in [1.165, 1.54) is 0 Å². The third-order valence-corrected chi connectivity index (χ3v) is 3.68. The second kappa shape index (κ2) is 6.05. The van der Waals surface area contributed by atoms with Crippen LogP contribution in [0.3, 0.4) is 0 Å². The lowest BCUT2D eigenvalue weighted by atomic mass is 9.89. The first-order valence-corrected chi connectivity index (χ1v) is 6.89. The van der Waals surface area contributed by atoms with E-state index in [4.69, 9.17) is 5.73 Å². The number of hydrogen-bond acceptors (Lipinski definition) is 3. The van der Waals surface area contributed by atoms with E-state index in [0.29, 0.717) is 6.54 Å².